The molecule has 0 atom stereocenters. The molecule has 0 aromatic carbocycles. The van der Waals surface area contributed by atoms with Crippen LogP contribution < -0.4 is 10.9 Å². The first kappa shape index (κ1) is 12.8. The van der Waals surface area contributed by atoms with E-state index in [9.17, 15) is 9.59 Å². The van der Waals surface area contributed by atoms with Crippen LogP contribution in [0, 0.1) is 0 Å². The number of aromatic nitrogens is 3. The first-order valence-corrected chi connectivity index (χ1v) is 7.26. The number of anilines is 1. The van der Waals surface area contributed by atoms with Crippen LogP contribution in [-0.2, 0) is 5.75 Å². The molecule has 0 aliphatic carbocycles. The highest BCUT2D eigenvalue weighted by atomic mass is 32.2. The predicted octanol–water partition coefficient (Wildman–Crippen LogP) is 1.34. The molecule has 8 heteroatoms. The number of hydrogen-bond acceptors (Lipinski definition) is 6. The number of carbonyl (C=O) groups is 1. The number of nitrogens with zero attached hydrogens (tertiary/aromatic N) is 2. The molecule has 94 valence electrons. The second kappa shape index (κ2) is 5.78. The van der Waals surface area contributed by atoms with E-state index in [1.54, 1.807) is 11.6 Å². The van der Waals surface area contributed by atoms with E-state index < -0.39 is 5.91 Å². The second-order valence-corrected chi connectivity index (χ2v) is 5.06. The summed E-state index contributed by atoms with van der Waals surface area (Å²) >= 11 is 2.82. The van der Waals surface area contributed by atoms with Gasteiger partial charge in [0.1, 0.15) is 11.5 Å². The Hall–Kier alpha value is -1.67. The van der Waals surface area contributed by atoms with Crippen LogP contribution in [0.2, 0.25) is 0 Å². The number of thioether (sulfide) groups is 1. The van der Waals surface area contributed by atoms with Crippen LogP contribution in [-0.4, -0.2) is 27.1 Å². The van der Waals surface area contributed by atoms with Gasteiger partial charge in [0.15, 0.2) is 5.13 Å². The van der Waals surface area contributed by atoms with Gasteiger partial charge in [0.05, 0.1) is 5.75 Å². The van der Waals surface area contributed by atoms with Crippen molar-refractivity contribution in [2.45, 2.75) is 5.75 Å². The smallest absolute Gasteiger partial charge is 0.276 e. The largest absolute Gasteiger partial charge is 0.310 e. The van der Waals surface area contributed by atoms with Crippen LogP contribution in [0.5, 0.6) is 0 Å². The maximum Gasteiger partial charge on any atom is 0.276 e. The number of H-pyrrole nitrogens is 1. The first-order valence-electron chi connectivity index (χ1n) is 4.99. The maximum absolute atomic E-state index is 11.9. The summed E-state index contributed by atoms with van der Waals surface area (Å²) in [6, 6.07) is 1.17. The van der Waals surface area contributed by atoms with Crippen molar-refractivity contribution in [3.05, 3.63) is 39.5 Å². The van der Waals surface area contributed by atoms with Crippen molar-refractivity contribution in [1.82, 2.24) is 15.0 Å². The van der Waals surface area contributed by atoms with Gasteiger partial charge in [-0.25, -0.2) is 9.97 Å². The summed E-state index contributed by atoms with van der Waals surface area (Å²) in [4.78, 5) is 33.9. The van der Waals surface area contributed by atoms with E-state index in [-0.39, 0.29) is 11.3 Å². The van der Waals surface area contributed by atoms with E-state index in [0.717, 1.165) is 0 Å². The number of hydrogen-bond donors (Lipinski definition) is 2. The van der Waals surface area contributed by atoms with Crippen molar-refractivity contribution in [1.29, 1.82) is 0 Å². The van der Waals surface area contributed by atoms with E-state index in [0.29, 0.717) is 16.7 Å². The molecule has 1 amide bonds. The summed E-state index contributed by atoms with van der Waals surface area (Å²) in [5.74, 6) is 0.603. The molecule has 2 aromatic heterocycles. The highest BCUT2D eigenvalue weighted by Crippen LogP contribution is 2.11. The van der Waals surface area contributed by atoms with E-state index in [1.165, 1.54) is 29.2 Å². The molecule has 2 N–H and O–H groups in total. The van der Waals surface area contributed by atoms with Gasteiger partial charge in [0.2, 0.25) is 0 Å². The molecule has 2 aromatic rings. The van der Waals surface area contributed by atoms with Gasteiger partial charge < -0.3 is 4.98 Å². The highest BCUT2D eigenvalue weighted by molar-refractivity contribution is 7.97. The third-order valence-electron chi connectivity index (χ3n) is 1.96. The Balaban J connectivity index is 2.21. The molecule has 2 heterocycles. The Labute approximate surface area is 111 Å². The zero-order valence-corrected chi connectivity index (χ0v) is 11.1. The number of amides is 1. The van der Waals surface area contributed by atoms with Gasteiger partial charge in [0, 0.05) is 17.6 Å². The average Bonchev–Trinajstić information content (AvgIpc) is 2.81. The normalized spacial score (nSPS) is 10.3. The molecule has 0 aliphatic rings. The van der Waals surface area contributed by atoms with Gasteiger partial charge in [-0.15, -0.1) is 11.3 Å². The fourth-order valence-electron chi connectivity index (χ4n) is 1.28. The standard InChI is InChI=1S/C10H10N4O2S2/c1-17-5-7-12-6(4-8(15)13-7)9(16)14-10-11-2-3-18-10/h2-4H,5H2,1H3,(H,11,14,16)(H,12,13,15). The molecule has 18 heavy (non-hydrogen) atoms. The molecular formula is C10H10N4O2S2. The molecule has 0 saturated carbocycles. The Morgan fingerprint density at radius 1 is 1.61 bits per heavy atom. The topological polar surface area (TPSA) is 87.7 Å². The quantitative estimate of drug-likeness (QED) is 0.883. The fraction of sp³-hybridized carbons (Fsp3) is 0.200. The van der Waals surface area contributed by atoms with Gasteiger partial charge >= 0.3 is 0 Å². The van der Waals surface area contributed by atoms with Gasteiger partial charge in [0.25, 0.3) is 11.5 Å². The Bertz CT molecular complexity index is 594. The van der Waals surface area contributed by atoms with Crippen molar-refractivity contribution >= 4 is 34.1 Å². The third-order valence-corrected chi connectivity index (χ3v) is 3.21. The first-order chi connectivity index (χ1) is 8.69. The van der Waals surface area contributed by atoms with Crippen molar-refractivity contribution in [3.63, 3.8) is 0 Å². The third kappa shape index (κ3) is 3.17. The van der Waals surface area contributed by atoms with Gasteiger partial charge in [-0.05, 0) is 6.26 Å². The Kier molecular flexibility index (Phi) is 4.11. The van der Waals surface area contributed by atoms with Gasteiger partial charge in [-0.1, -0.05) is 0 Å². The maximum atomic E-state index is 11.9. The molecule has 0 fully saturated rings. The average molecular weight is 282 g/mol. The van der Waals surface area contributed by atoms with Crippen LogP contribution in [0.1, 0.15) is 16.3 Å². The summed E-state index contributed by atoms with van der Waals surface area (Å²) < 4.78 is 0. The number of rotatable bonds is 4. The number of thiazole rings is 1. The molecule has 0 bridgehead atoms. The van der Waals surface area contributed by atoms with E-state index in [1.807, 2.05) is 6.26 Å². The van der Waals surface area contributed by atoms with Crippen molar-refractivity contribution < 1.29 is 4.79 Å². The predicted molar refractivity (Wildman–Crippen MR) is 72.1 cm³/mol. The number of carbonyl (C=O) groups excluding carboxylic acids is 1. The van der Waals surface area contributed by atoms with Crippen molar-refractivity contribution in [2.75, 3.05) is 11.6 Å². The SMILES string of the molecule is CSCc1nc(C(=O)Nc2nccs2)cc(=O)[nH]1. The minimum absolute atomic E-state index is 0.0954. The summed E-state index contributed by atoms with van der Waals surface area (Å²) in [6.45, 7) is 0. The van der Waals surface area contributed by atoms with Crippen LogP contribution in [0.3, 0.4) is 0 Å². The minimum Gasteiger partial charge on any atom is -0.310 e. The number of nitrogens with one attached hydrogen (secondary N) is 2. The summed E-state index contributed by atoms with van der Waals surface area (Å²) in [5.41, 5.74) is -0.240. The molecule has 0 spiro atoms. The van der Waals surface area contributed by atoms with Gasteiger partial charge in [-0.3, -0.25) is 14.9 Å². The van der Waals surface area contributed by atoms with E-state index in [2.05, 4.69) is 20.3 Å². The summed E-state index contributed by atoms with van der Waals surface area (Å²) in [7, 11) is 0. The fourth-order valence-corrected chi connectivity index (χ4v) is 2.21. The van der Waals surface area contributed by atoms with Crippen LogP contribution in [0.25, 0.3) is 0 Å². The Morgan fingerprint density at radius 2 is 2.44 bits per heavy atom. The van der Waals surface area contributed by atoms with Crippen LogP contribution in [0.15, 0.2) is 22.4 Å². The zero-order valence-electron chi connectivity index (χ0n) is 9.47. The molecule has 0 unspecified atom stereocenters. The molecule has 6 nitrogen and oxygen atoms in total. The Morgan fingerprint density at radius 3 is 3.11 bits per heavy atom. The lowest BCUT2D eigenvalue weighted by molar-refractivity contribution is 0.102. The van der Waals surface area contributed by atoms with Crippen molar-refractivity contribution in [2.24, 2.45) is 0 Å². The highest BCUT2D eigenvalue weighted by Gasteiger charge is 2.11. The van der Waals surface area contributed by atoms with Gasteiger partial charge in [-0.2, -0.15) is 11.8 Å². The molecule has 2 rings (SSSR count). The van der Waals surface area contributed by atoms with Crippen LogP contribution in [0.4, 0.5) is 5.13 Å². The zero-order chi connectivity index (χ0) is 13.0. The summed E-state index contributed by atoms with van der Waals surface area (Å²) in [5, 5.41) is 4.81. The van der Waals surface area contributed by atoms with Crippen LogP contribution >= 0.6 is 23.1 Å². The monoisotopic (exact) mass is 282 g/mol. The molecule has 0 aliphatic heterocycles. The molecular weight excluding hydrogens is 272 g/mol. The lowest BCUT2D eigenvalue weighted by Gasteiger charge is -2.03. The summed E-state index contributed by atoms with van der Waals surface area (Å²) in [6.07, 6.45) is 3.48. The lowest BCUT2D eigenvalue weighted by atomic mass is 10.4. The molecule has 0 radical (unpaired) electrons. The van der Waals surface area contributed by atoms with E-state index in [4.69, 9.17) is 0 Å². The minimum atomic E-state index is -0.432. The van der Waals surface area contributed by atoms with Crippen molar-refractivity contribution in [3.8, 4) is 0 Å². The van der Waals surface area contributed by atoms with E-state index >= 15 is 0 Å². The lowest BCUT2D eigenvalue weighted by Crippen LogP contribution is -2.20. The second-order valence-electron chi connectivity index (χ2n) is 3.30. The number of aromatic amines is 1. The molecule has 0 saturated heterocycles.